The fourth-order valence-electron chi connectivity index (χ4n) is 1.47. The van der Waals surface area contributed by atoms with E-state index in [2.05, 4.69) is 10.3 Å². The monoisotopic (exact) mass is 258 g/mol. The summed E-state index contributed by atoms with van der Waals surface area (Å²) in [5.41, 5.74) is -0.801. The molecule has 0 saturated heterocycles. The number of aromatic nitrogens is 1. The van der Waals surface area contributed by atoms with Gasteiger partial charge < -0.3 is 15.5 Å². The predicted molar refractivity (Wildman–Crippen MR) is 66.3 cm³/mol. The summed E-state index contributed by atoms with van der Waals surface area (Å²) in [6, 6.07) is -0.0213. The number of hydrogen-bond acceptors (Lipinski definition) is 5. The molecule has 0 aliphatic rings. The van der Waals surface area contributed by atoms with E-state index in [1.54, 1.807) is 11.3 Å². The summed E-state index contributed by atoms with van der Waals surface area (Å²) in [4.78, 5) is 16.1. The number of thiazole rings is 1. The van der Waals surface area contributed by atoms with Gasteiger partial charge in [0.05, 0.1) is 10.7 Å². The molecule has 2 atom stereocenters. The van der Waals surface area contributed by atoms with Gasteiger partial charge in [-0.2, -0.15) is 0 Å². The molecule has 0 aromatic carbocycles. The number of aryl methyl sites for hydroxylation is 2. The zero-order valence-corrected chi connectivity index (χ0v) is 11.3. The third-order valence-electron chi connectivity index (χ3n) is 2.55. The Kier molecular flexibility index (Phi) is 4.24. The van der Waals surface area contributed by atoms with E-state index in [0.717, 1.165) is 15.6 Å². The van der Waals surface area contributed by atoms with E-state index >= 15 is 0 Å². The van der Waals surface area contributed by atoms with Crippen LogP contribution in [-0.4, -0.2) is 33.3 Å². The Labute approximate surface area is 105 Å². The van der Waals surface area contributed by atoms with Crippen molar-refractivity contribution in [3.63, 3.8) is 0 Å². The molecule has 0 bridgehead atoms. The molecule has 1 aromatic heterocycles. The lowest BCUT2D eigenvalue weighted by molar-refractivity contribution is -0.156. The maximum atomic E-state index is 10.7. The van der Waals surface area contributed by atoms with Crippen LogP contribution in [0.4, 0.5) is 0 Å². The molecule has 0 spiro atoms. The molecule has 0 fully saturated rings. The van der Waals surface area contributed by atoms with Crippen molar-refractivity contribution in [3.8, 4) is 0 Å². The van der Waals surface area contributed by atoms with Crippen molar-refractivity contribution >= 4 is 17.3 Å². The van der Waals surface area contributed by atoms with Crippen LogP contribution in [0.2, 0.25) is 0 Å². The highest BCUT2D eigenvalue weighted by molar-refractivity contribution is 7.11. The fourth-order valence-corrected chi connectivity index (χ4v) is 2.42. The number of rotatable bonds is 5. The number of aliphatic carboxylic acids is 1. The highest BCUT2D eigenvalue weighted by Crippen LogP contribution is 2.24. The first-order valence-electron chi connectivity index (χ1n) is 5.37. The number of carbonyl (C=O) groups is 1. The molecule has 6 heteroatoms. The van der Waals surface area contributed by atoms with E-state index in [4.69, 9.17) is 5.11 Å². The largest absolute Gasteiger partial charge is 0.479 e. The van der Waals surface area contributed by atoms with E-state index in [9.17, 15) is 9.90 Å². The van der Waals surface area contributed by atoms with Crippen LogP contribution in [0, 0.1) is 13.8 Å². The summed E-state index contributed by atoms with van der Waals surface area (Å²) in [5, 5.41) is 22.4. The van der Waals surface area contributed by atoms with Gasteiger partial charge in [0, 0.05) is 17.5 Å². The number of nitrogens with one attached hydrogen (secondary N) is 1. The summed E-state index contributed by atoms with van der Waals surface area (Å²) in [7, 11) is 0. The van der Waals surface area contributed by atoms with Gasteiger partial charge in [0.15, 0.2) is 5.60 Å². The van der Waals surface area contributed by atoms with Crippen molar-refractivity contribution in [2.45, 2.75) is 39.3 Å². The lowest BCUT2D eigenvalue weighted by Gasteiger charge is -2.21. The second-order valence-corrected chi connectivity index (χ2v) is 5.60. The Hall–Kier alpha value is -0.980. The van der Waals surface area contributed by atoms with Crippen molar-refractivity contribution in [2.24, 2.45) is 0 Å². The first kappa shape index (κ1) is 14.1. The number of aliphatic hydroxyl groups is 1. The van der Waals surface area contributed by atoms with Gasteiger partial charge in [0.2, 0.25) is 0 Å². The lowest BCUT2D eigenvalue weighted by atomic mass is 10.1. The zero-order chi connectivity index (χ0) is 13.2. The van der Waals surface area contributed by atoms with Gasteiger partial charge in [-0.15, -0.1) is 11.3 Å². The van der Waals surface area contributed by atoms with Crippen LogP contribution in [0.15, 0.2) is 0 Å². The Morgan fingerprint density at radius 2 is 2.18 bits per heavy atom. The topological polar surface area (TPSA) is 82.5 Å². The second-order valence-electron chi connectivity index (χ2n) is 4.36. The van der Waals surface area contributed by atoms with Crippen molar-refractivity contribution in [1.29, 1.82) is 0 Å². The van der Waals surface area contributed by atoms with Crippen molar-refractivity contribution in [1.82, 2.24) is 10.3 Å². The molecule has 0 saturated carbocycles. The molecule has 1 rings (SSSR count). The Morgan fingerprint density at radius 1 is 1.59 bits per heavy atom. The second kappa shape index (κ2) is 5.12. The third kappa shape index (κ3) is 3.49. The molecule has 17 heavy (non-hydrogen) atoms. The maximum absolute atomic E-state index is 10.7. The number of carboxylic acid groups (broad SMARTS) is 1. The zero-order valence-electron chi connectivity index (χ0n) is 10.4. The first-order chi connectivity index (χ1) is 7.74. The first-order valence-corrected chi connectivity index (χ1v) is 6.19. The van der Waals surface area contributed by atoms with Crippen molar-refractivity contribution < 1.29 is 15.0 Å². The Bertz CT molecular complexity index is 415. The van der Waals surface area contributed by atoms with Crippen LogP contribution < -0.4 is 5.32 Å². The van der Waals surface area contributed by atoms with Crippen LogP contribution in [-0.2, 0) is 4.79 Å². The summed E-state index contributed by atoms with van der Waals surface area (Å²) in [6.07, 6.45) is 0. The van der Waals surface area contributed by atoms with Crippen LogP contribution >= 0.6 is 11.3 Å². The van der Waals surface area contributed by atoms with Crippen LogP contribution in [0.25, 0.3) is 0 Å². The Balaban J connectivity index is 2.65. The van der Waals surface area contributed by atoms with E-state index in [1.165, 1.54) is 6.92 Å². The van der Waals surface area contributed by atoms with Gasteiger partial charge in [0.1, 0.15) is 0 Å². The molecular formula is C11H18N2O3S. The van der Waals surface area contributed by atoms with E-state index in [0.29, 0.717) is 0 Å². The number of hydrogen-bond donors (Lipinski definition) is 3. The van der Waals surface area contributed by atoms with Crippen LogP contribution in [0.5, 0.6) is 0 Å². The minimum absolute atomic E-state index is 0.000111. The summed E-state index contributed by atoms with van der Waals surface area (Å²) < 4.78 is 0. The van der Waals surface area contributed by atoms with Gasteiger partial charge in [0.25, 0.3) is 0 Å². The highest BCUT2D eigenvalue weighted by atomic mass is 32.1. The fraction of sp³-hybridized carbons (Fsp3) is 0.636. The molecule has 1 aromatic rings. The molecule has 5 nitrogen and oxygen atoms in total. The average Bonchev–Trinajstić information content (AvgIpc) is 2.54. The molecule has 3 N–H and O–H groups in total. The van der Waals surface area contributed by atoms with Crippen molar-refractivity contribution in [3.05, 3.63) is 15.6 Å². The SMILES string of the molecule is Cc1nc(C)c(C(C)NCC(C)(O)C(=O)O)s1. The Morgan fingerprint density at radius 3 is 2.59 bits per heavy atom. The smallest absolute Gasteiger partial charge is 0.336 e. The minimum atomic E-state index is -1.75. The van der Waals surface area contributed by atoms with E-state index in [-0.39, 0.29) is 12.6 Å². The molecule has 0 aliphatic carbocycles. The predicted octanol–water partition coefficient (Wildman–Crippen LogP) is 1.25. The number of carboxylic acids is 1. The lowest BCUT2D eigenvalue weighted by Crippen LogP contribution is -2.45. The maximum Gasteiger partial charge on any atom is 0.336 e. The average molecular weight is 258 g/mol. The molecule has 2 unspecified atom stereocenters. The van der Waals surface area contributed by atoms with Crippen LogP contribution in [0.1, 0.15) is 35.5 Å². The molecule has 0 amide bonds. The quantitative estimate of drug-likeness (QED) is 0.740. The van der Waals surface area contributed by atoms with Gasteiger partial charge >= 0.3 is 5.97 Å². The summed E-state index contributed by atoms with van der Waals surface area (Å²) in [6.45, 7) is 7.06. The summed E-state index contributed by atoms with van der Waals surface area (Å²) >= 11 is 1.58. The normalized spacial score (nSPS) is 16.5. The van der Waals surface area contributed by atoms with Crippen LogP contribution in [0.3, 0.4) is 0 Å². The molecule has 0 aliphatic heterocycles. The molecule has 0 radical (unpaired) electrons. The summed E-state index contributed by atoms with van der Waals surface area (Å²) in [5.74, 6) is -1.23. The van der Waals surface area contributed by atoms with E-state index in [1.807, 2.05) is 20.8 Å². The van der Waals surface area contributed by atoms with Gasteiger partial charge in [-0.25, -0.2) is 9.78 Å². The molecule has 1 heterocycles. The van der Waals surface area contributed by atoms with Crippen molar-refractivity contribution in [2.75, 3.05) is 6.54 Å². The molecular weight excluding hydrogens is 240 g/mol. The van der Waals surface area contributed by atoms with Gasteiger partial charge in [-0.3, -0.25) is 0 Å². The van der Waals surface area contributed by atoms with Gasteiger partial charge in [-0.1, -0.05) is 0 Å². The standard InChI is InChI=1S/C11H18N2O3S/c1-6(9-7(2)13-8(3)17-9)12-5-11(4,16)10(14)15/h6,12,16H,5H2,1-4H3,(H,14,15). The highest BCUT2D eigenvalue weighted by Gasteiger charge is 2.30. The molecule has 96 valence electrons. The van der Waals surface area contributed by atoms with Gasteiger partial charge in [-0.05, 0) is 27.7 Å². The number of nitrogens with zero attached hydrogens (tertiary/aromatic N) is 1. The van der Waals surface area contributed by atoms with E-state index < -0.39 is 11.6 Å². The third-order valence-corrected chi connectivity index (χ3v) is 3.80. The minimum Gasteiger partial charge on any atom is -0.479 e.